The van der Waals surface area contributed by atoms with Gasteiger partial charge >= 0.3 is 5.97 Å². The Bertz CT molecular complexity index is 1300. The van der Waals surface area contributed by atoms with Gasteiger partial charge in [-0.3, -0.25) is 9.78 Å². The molecular formula is C25H26N2O3. The number of aryl methyl sites for hydroxylation is 3. The number of hydrogen-bond acceptors (Lipinski definition) is 3. The van der Waals surface area contributed by atoms with Crippen LogP contribution in [0.5, 0.6) is 5.75 Å². The highest BCUT2D eigenvalue weighted by atomic mass is 16.5. The van der Waals surface area contributed by atoms with E-state index in [4.69, 9.17) is 9.72 Å². The Morgan fingerprint density at radius 1 is 1.13 bits per heavy atom. The van der Waals surface area contributed by atoms with Gasteiger partial charge in [0.2, 0.25) is 0 Å². The van der Waals surface area contributed by atoms with Crippen molar-refractivity contribution in [1.82, 2.24) is 9.55 Å². The number of fused-ring (bicyclic) bond motifs is 2. The van der Waals surface area contributed by atoms with Gasteiger partial charge in [-0.15, -0.1) is 0 Å². The molecule has 0 bridgehead atoms. The number of hydrogen-bond donors (Lipinski definition) is 1. The van der Waals surface area contributed by atoms with Crippen LogP contribution in [0.3, 0.4) is 0 Å². The van der Waals surface area contributed by atoms with Crippen LogP contribution in [-0.2, 0) is 17.8 Å². The summed E-state index contributed by atoms with van der Waals surface area (Å²) in [6.07, 6.45) is 0.873. The van der Waals surface area contributed by atoms with Gasteiger partial charge in [0.05, 0.1) is 12.6 Å². The molecule has 0 saturated heterocycles. The molecule has 0 saturated carbocycles. The van der Waals surface area contributed by atoms with Crippen LogP contribution in [0.1, 0.15) is 29.4 Å². The first-order valence-electron chi connectivity index (χ1n) is 10.1. The smallest absolute Gasteiger partial charge is 0.323 e. The molecule has 0 amide bonds. The van der Waals surface area contributed by atoms with Crippen molar-refractivity contribution >= 4 is 27.8 Å². The second-order valence-electron chi connectivity index (χ2n) is 7.74. The molecule has 0 aliphatic carbocycles. The number of carboxylic acid groups (broad SMARTS) is 1. The Hall–Kier alpha value is -3.34. The molecule has 154 valence electrons. The zero-order chi connectivity index (χ0) is 21.6. The first kappa shape index (κ1) is 20.0. The van der Waals surface area contributed by atoms with Crippen LogP contribution >= 0.6 is 0 Å². The minimum Gasteiger partial charge on any atom is -0.497 e. The summed E-state index contributed by atoms with van der Waals surface area (Å²) >= 11 is 0. The first-order valence-corrected chi connectivity index (χ1v) is 10.1. The van der Waals surface area contributed by atoms with Crippen LogP contribution < -0.4 is 4.74 Å². The number of benzene rings is 2. The number of aliphatic carboxylic acids is 1. The Morgan fingerprint density at radius 2 is 1.90 bits per heavy atom. The number of rotatable bonds is 5. The molecule has 0 aliphatic heterocycles. The largest absolute Gasteiger partial charge is 0.497 e. The van der Waals surface area contributed by atoms with Gasteiger partial charge in [-0.2, -0.15) is 0 Å². The van der Waals surface area contributed by atoms with Crippen molar-refractivity contribution in [2.75, 3.05) is 7.11 Å². The van der Waals surface area contributed by atoms with E-state index in [1.165, 1.54) is 11.1 Å². The van der Waals surface area contributed by atoms with Crippen LogP contribution in [0.2, 0.25) is 0 Å². The maximum Gasteiger partial charge on any atom is 0.323 e. The number of ether oxygens (including phenoxy) is 1. The average Bonchev–Trinajstić information content (AvgIpc) is 2.98. The summed E-state index contributed by atoms with van der Waals surface area (Å²) in [5, 5.41) is 11.7. The molecule has 0 spiro atoms. The molecule has 0 unspecified atom stereocenters. The van der Waals surface area contributed by atoms with Crippen molar-refractivity contribution in [1.29, 1.82) is 0 Å². The van der Waals surface area contributed by atoms with Crippen LogP contribution in [0, 0.1) is 20.8 Å². The predicted molar refractivity (Wildman–Crippen MR) is 120 cm³/mol. The molecular weight excluding hydrogens is 376 g/mol. The summed E-state index contributed by atoms with van der Waals surface area (Å²) in [5.41, 5.74) is 8.33. The molecule has 5 nitrogen and oxygen atoms in total. The highest BCUT2D eigenvalue weighted by Gasteiger charge is 2.22. The maximum atomic E-state index is 11.6. The Morgan fingerprint density at radius 3 is 2.57 bits per heavy atom. The Labute approximate surface area is 175 Å². The monoisotopic (exact) mass is 402 g/mol. The van der Waals surface area contributed by atoms with Gasteiger partial charge in [-0.05, 0) is 74.2 Å². The molecule has 4 aromatic rings. The molecule has 2 heterocycles. The van der Waals surface area contributed by atoms with Gasteiger partial charge < -0.3 is 14.4 Å². The fourth-order valence-corrected chi connectivity index (χ4v) is 4.54. The molecule has 30 heavy (non-hydrogen) atoms. The fraction of sp³-hybridized carbons (Fsp3) is 0.280. The Kier molecular flexibility index (Phi) is 4.98. The van der Waals surface area contributed by atoms with E-state index in [0.717, 1.165) is 56.5 Å². The lowest BCUT2D eigenvalue weighted by molar-refractivity contribution is -0.137. The summed E-state index contributed by atoms with van der Waals surface area (Å²) in [6, 6.07) is 12.1. The number of methoxy groups -OCH3 is 1. The lowest BCUT2D eigenvalue weighted by Gasteiger charge is -2.13. The summed E-state index contributed by atoms with van der Waals surface area (Å²) in [4.78, 5) is 16.3. The second kappa shape index (κ2) is 7.48. The van der Waals surface area contributed by atoms with E-state index in [9.17, 15) is 9.90 Å². The molecule has 0 fully saturated rings. The van der Waals surface area contributed by atoms with Crippen molar-refractivity contribution in [3.63, 3.8) is 0 Å². The van der Waals surface area contributed by atoms with E-state index in [0.29, 0.717) is 0 Å². The average molecular weight is 402 g/mol. The van der Waals surface area contributed by atoms with Crippen molar-refractivity contribution in [2.45, 2.75) is 40.7 Å². The van der Waals surface area contributed by atoms with E-state index in [-0.39, 0.29) is 6.54 Å². The SMILES string of the molecule is CCc1c(C)ccc2c1c(-c1cc(C)nc3ccc(OC)cc13)c(C)n2CC(=O)O. The van der Waals surface area contributed by atoms with Gasteiger partial charge in [0.25, 0.3) is 0 Å². The number of aromatic nitrogens is 2. The Balaban J connectivity index is 2.20. The maximum absolute atomic E-state index is 11.6. The van der Waals surface area contributed by atoms with Crippen molar-refractivity contribution in [3.8, 4) is 16.9 Å². The van der Waals surface area contributed by atoms with Crippen LogP contribution in [0.15, 0.2) is 36.4 Å². The number of carbonyl (C=O) groups is 1. The summed E-state index contributed by atoms with van der Waals surface area (Å²) in [5.74, 6) is -0.0779. The minimum atomic E-state index is -0.849. The summed E-state index contributed by atoms with van der Waals surface area (Å²) in [6.45, 7) is 8.19. The van der Waals surface area contributed by atoms with Crippen molar-refractivity contribution in [2.24, 2.45) is 0 Å². The highest BCUT2D eigenvalue weighted by Crippen LogP contribution is 2.41. The van der Waals surface area contributed by atoms with E-state index >= 15 is 0 Å². The molecule has 2 aromatic carbocycles. The molecule has 2 aromatic heterocycles. The van der Waals surface area contributed by atoms with Gasteiger partial charge in [-0.25, -0.2) is 0 Å². The van der Waals surface area contributed by atoms with Gasteiger partial charge in [0.15, 0.2) is 0 Å². The normalized spacial score (nSPS) is 11.4. The molecule has 4 rings (SSSR count). The third-order valence-corrected chi connectivity index (χ3v) is 5.89. The zero-order valence-electron chi connectivity index (χ0n) is 18.0. The van der Waals surface area contributed by atoms with Crippen LogP contribution in [0.4, 0.5) is 0 Å². The molecule has 0 atom stereocenters. The fourth-order valence-electron chi connectivity index (χ4n) is 4.54. The third-order valence-electron chi connectivity index (χ3n) is 5.89. The van der Waals surface area contributed by atoms with Crippen LogP contribution in [-0.4, -0.2) is 27.7 Å². The van der Waals surface area contributed by atoms with Gasteiger partial charge in [0, 0.05) is 33.2 Å². The van der Waals surface area contributed by atoms with Crippen molar-refractivity contribution < 1.29 is 14.6 Å². The minimum absolute atomic E-state index is 0.0696. The molecule has 5 heteroatoms. The topological polar surface area (TPSA) is 64.4 Å². The summed E-state index contributed by atoms with van der Waals surface area (Å²) in [7, 11) is 1.66. The number of carboxylic acids is 1. The first-order chi connectivity index (χ1) is 14.3. The van der Waals surface area contributed by atoms with E-state index in [1.54, 1.807) is 7.11 Å². The molecule has 1 N–H and O–H groups in total. The third kappa shape index (κ3) is 3.11. The molecule has 0 radical (unpaired) electrons. The number of pyridine rings is 1. The predicted octanol–water partition coefficient (Wildman–Crippen LogP) is 5.44. The van der Waals surface area contributed by atoms with Crippen molar-refractivity contribution in [3.05, 3.63) is 58.9 Å². The van der Waals surface area contributed by atoms with E-state index < -0.39 is 5.97 Å². The number of nitrogens with zero attached hydrogens (tertiary/aromatic N) is 2. The summed E-state index contributed by atoms with van der Waals surface area (Å²) < 4.78 is 7.38. The van der Waals surface area contributed by atoms with E-state index in [2.05, 4.69) is 26.0 Å². The lowest BCUT2D eigenvalue weighted by atomic mass is 9.92. The standard InChI is InChI=1S/C25H26N2O3/c1-6-18-14(2)7-10-22-25(18)24(16(4)27(22)13-23(28)29)20-11-15(3)26-21-9-8-17(30-5)12-19(20)21/h7-12H,6,13H2,1-5H3,(H,28,29). The zero-order valence-corrected chi connectivity index (χ0v) is 18.0. The quantitative estimate of drug-likeness (QED) is 0.483. The molecule has 0 aliphatic rings. The lowest BCUT2D eigenvalue weighted by Crippen LogP contribution is -2.10. The second-order valence-corrected chi connectivity index (χ2v) is 7.74. The van der Waals surface area contributed by atoms with Crippen LogP contribution in [0.25, 0.3) is 32.9 Å². The highest BCUT2D eigenvalue weighted by molar-refractivity contribution is 6.08. The van der Waals surface area contributed by atoms with E-state index in [1.807, 2.05) is 42.7 Å². The van der Waals surface area contributed by atoms with Gasteiger partial charge in [-0.1, -0.05) is 13.0 Å². The van der Waals surface area contributed by atoms with Gasteiger partial charge in [0.1, 0.15) is 12.3 Å².